The summed E-state index contributed by atoms with van der Waals surface area (Å²) < 4.78 is 10.6. The van der Waals surface area contributed by atoms with Gasteiger partial charge in [-0.05, 0) is 63.1 Å². The van der Waals surface area contributed by atoms with E-state index in [1.165, 1.54) is 0 Å². The maximum Gasteiger partial charge on any atom is 0.251 e. The number of nitrogens with one attached hydrogen (secondary N) is 1. The second kappa shape index (κ2) is 9.86. The lowest BCUT2D eigenvalue weighted by Crippen LogP contribution is -2.30. The van der Waals surface area contributed by atoms with Gasteiger partial charge in [-0.3, -0.25) is 4.79 Å². The summed E-state index contributed by atoms with van der Waals surface area (Å²) in [4.78, 5) is 14.7. The van der Waals surface area contributed by atoms with Gasteiger partial charge >= 0.3 is 0 Å². The molecule has 0 aliphatic carbocycles. The lowest BCUT2D eigenvalue weighted by atomic mass is 10.1. The number of benzene rings is 2. The molecule has 27 heavy (non-hydrogen) atoms. The third-order valence-electron chi connectivity index (χ3n) is 4.60. The average Bonchev–Trinajstić information content (AvgIpc) is 2.68. The number of nitrogens with zero attached hydrogens (tertiary/aromatic N) is 1. The van der Waals surface area contributed by atoms with Crippen LogP contribution in [0.25, 0.3) is 0 Å². The molecule has 0 aliphatic rings. The highest BCUT2D eigenvalue weighted by atomic mass is 16.5. The van der Waals surface area contributed by atoms with Crippen LogP contribution in [0.4, 0.5) is 5.69 Å². The lowest BCUT2D eigenvalue weighted by molar-refractivity contribution is 0.0954. The molecule has 0 spiro atoms. The van der Waals surface area contributed by atoms with Crippen LogP contribution in [-0.2, 0) is 6.42 Å². The van der Waals surface area contributed by atoms with Crippen LogP contribution in [0.1, 0.15) is 36.7 Å². The van der Waals surface area contributed by atoms with Crippen LogP contribution in [-0.4, -0.2) is 39.3 Å². The topological polar surface area (TPSA) is 50.8 Å². The van der Waals surface area contributed by atoms with Crippen LogP contribution in [0, 0.1) is 0 Å². The number of amides is 1. The Kier molecular flexibility index (Phi) is 7.53. The predicted molar refractivity (Wildman–Crippen MR) is 110 cm³/mol. The molecule has 0 unspecified atom stereocenters. The van der Waals surface area contributed by atoms with Gasteiger partial charge in [-0.25, -0.2) is 0 Å². The molecule has 0 saturated heterocycles. The lowest BCUT2D eigenvalue weighted by Gasteiger charge is -2.27. The first-order chi connectivity index (χ1) is 13.0. The van der Waals surface area contributed by atoms with Crippen molar-refractivity contribution in [3.8, 4) is 11.5 Å². The summed E-state index contributed by atoms with van der Waals surface area (Å²) in [6.07, 6.45) is 0.688. The number of carbonyl (C=O) groups excluding carboxylic acids is 1. The van der Waals surface area contributed by atoms with Gasteiger partial charge < -0.3 is 19.7 Å². The first-order valence-corrected chi connectivity index (χ1v) is 9.36. The Hall–Kier alpha value is -2.69. The molecule has 2 aromatic rings. The van der Waals surface area contributed by atoms with Crippen LogP contribution in [0.5, 0.6) is 11.5 Å². The molecule has 0 aliphatic heterocycles. The van der Waals surface area contributed by atoms with E-state index in [9.17, 15) is 4.79 Å². The van der Waals surface area contributed by atoms with Gasteiger partial charge in [-0.15, -0.1) is 0 Å². The molecule has 0 fully saturated rings. The normalized spacial score (nSPS) is 10.6. The average molecular weight is 370 g/mol. The Morgan fingerprint density at radius 2 is 1.78 bits per heavy atom. The van der Waals surface area contributed by atoms with Crippen molar-refractivity contribution in [2.45, 2.75) is 33.2 Å². The minimum atomic E-state index is -0.0679. The first-order valence-electron chi connectivity index (χ1n) is 9.36. The van der Waals surface area contributed by atoms with Gasteiger partial charge in [0, 0.05) is 36.4 Å². The Balaban J connectivity index is 1.94. The van der Waals surface area contributed by atoms with E-state index in [1.54, 1.807) is 14.2 Å². The molecular formula is C22H30N2O3. The van der Waals surface area contributed by atoms with Gasteiger partial charge in [0.25, 0.3) is 5.91 Å². The Morgan fingerprint density at radius 3 is 2.33 bits per heavy atom. The van der Waals surface area contributed by atoms with E-state index in [4.69, 9.17) is 9.47 Å². The molecule has 0 heterocycles. The molecule has 0 atom stereocenters. The van der Waals surface area contributed by atoms with Gasteiger partial charge in [0.15, 0.2) is 0 Å². The Bertz CT molecular complexity index is 742. The van der Waals surface area contributed by atoms with Gasteiger partial charge in [-0.1, -0.05) is 6.07 Å². The van der Waals surface area contributed by atoms with Crippen molar-refractivity contribution in [2.24, 2.45) is 0 Å². The summed E-state index contributed by atoms with van der Waals surface area (Å²) in [5.74, 6) is 1.45. The molecule has 146 valence electrons. The molecule has 0 bridgehead atoms. The second-order valence-corrected chi connectivity index (χ2v) is 6.61. The quantitative estimate of drug-likeness (QED) is 0.727. The summed E-state index contributed by atoms with van der Waals surface area (Å²) in [5, 5.41) is 2.97. The summed E-state index contributed by atoms with van der Waals surface area (Å²) in [7, 11) is 3.26. The highest BCUT2D eigenvalue weighted by Crippen LogP contribution is 2.24. The fourth-order valence-electron chi connectivity index (χ4n) is 3.12. The molecule has 5 heteroatoms. The van der Waals surface area contributed by atoms with E-state index >= 15 is 0 Å². The molecule has 2 rings (SSSR count). The molecule has 5 nitrogen and oxygen atoms in total. The van der Waals surface area contributed by atoms with E-state index in [-0.39, 0.29) is 5.91 Å². The van der Waals surface area contributed by atoms with Crippen LogP contribution in [0.15, 0.2) is 42.5 Å². The maximum atomic E-state index is 12.4. The summed E-state index contributed by atoms with van der Waals surface area (Å²) >= 11 is 0. The molecule has 0 saturated carbocycles. The number of methoxy groups -OCH3 is 2. The maximum absolute atomic E-state index is 12.4. The minimum absolute atomic E-state index is 0.0679. The van der Waals surface area contributed by atoms with E-state index < -0.39 is 0 Å². The molecule has 1 N–H and O–H groups in total. The third-order valence-corrected chi connectivity index (χ3v) is 4.60. The van der Waals surface area contributed by atoms with Crippen molar-refractivity contribution in [3.63, 3.8) is 0 Å². The first kappa shape index (κ1) is 20.6. The summed E-state index contributed by atoms with van der Waals surface area (Å²) in [6, 6.07) is 13.9. The zero-order valence-electron chi connectivity index (χ0n) is 16.9. The zero-order valence-corrected chi connectivity index (χ0v) is 16.9. The van der Waals surface area contributed by atoms with Gasteiger partial charge in [0.2, 0.25) is 0 Å². The molecule has 0 aromatic heterocycles. The molecule has 0 radical (unpaired) electrons. The van der Waals surface area contributed by atoms with Crippen LogP contribution in [0.3, 0.4) is 0 Å². The zero-order chi connectivity index (χ0) is 19.8. The van der Waals surface area contributed by atoms with E-state index in [1.807, 2.05) is 42.5 Å². The number of carbonyl (C=O) groups is 1. The van der Waals surface area contributed by atoms with Crippen molar-refractivity contribution < 1.29 is 14.3 Å². The smallest absolute Gasteiger partial charge is 0.251 e. The Morgan fingerprint density at radius 1 is 1.07 bits per heavy atom. The van der Waals surface area contributed by atoms with Crippen molar-refractivity contribution in [2.75, 3.05) is 32.2 Å². The largest absolute Gasteiger partial charge is 0.497 e. The molecule has 2 aromatic carbocycles. The summed E-state index contributed by atoms with van der Waals surface area (Å²) in [6.45, 7) is 7.94. The minimum Gasteiger partial charge on any atom is -0.497 e. The van der Waals surface area contributed by atoms with E-state index in [0.717, 1.165) is 29.3 Å². The number of ether oxygens (including phenoxy) is 2. The van der Waals surface area contributed by atoms with Gasteiger partial charge in [0.05, 0.1) is 14.2 Å². The predicted octanol–water partition coefficient (Wildman–Crippen LogP) is 3.91. The van der Waals surface area contributed by atoms with E-state index in [0.29, 0.717) is 24.6 Å². The van der Waals surface area contributed by atoms with Crippen molar-refractivity contribution in [1.29, 1.82) is 0 Å². The highest BCUT2D eigenvalue weighted by Gasteiger charge is 2.11. The number of hydrogen-bond donors (Lipinski definition) is 1. The fourth-order valence-corrected chi connectivity index (χ4v) is 3.12. The number of rotatable bonds is 9. The van der Waals surface area contributed by atoms with Crippen LogP contribution in [0.2, 0.25) is 0 Å². The molecular weight excluding hydrogens is 340 g/mol. The van der Waals surface area contributed by atoms with Crippen LogP contribution < -0.4 is 19.7 Å². The standard InChI is InChI=1S/C22H30N2O3/c1-6-24(16(2)3)19-10-7-18(8-11-19)22(25)23-14-13-17-9-12-20(26-4)15-21(17)27-5/h7-12,15-16H,6,13-14H2,1-5H3,(H,23,25). The number of hydrogen-bond acceptors (Lipinski definition) is 4. The van der Waals surface area contributed by atoms with Gasteiger partial charge in [0.1, 0.15) is 11.5 Å². The third kappa shape index (κ3) is 5.39. The Labute approximate surface area is 162 Å². The van der Waals surface area contributed by atoms with Crippen molar-refractivity contribution in [1.82, 2.24) is 5.32 Å². The fraction of sp³-hybridized carbons (Fsp3) is 0.409. The highest BCUT2D eigenvalue weighted by molar-refractivity contribution is 5.94. The SMILES string of the molecule is CCN(c1ccc(C(=O)NCCc2ccc(OC)cc2OC)cc1)C(C)C. The molecule has 1 amide bonds. The summed E-state index contributed by atoms with van der Waals surface area (Å²) in [5.41, 5.74) is 2.83. The number of anilines is 1. The van der Waals surface area contributed by atoms with Crippen molar-refractivity contribution >= 4 is 11.6 Å². The second-order valence-electron chi connectivity index (χ2n) is 6.61. The van der Waals surface area contributed by atoms with E-state index in [2.05, 4.69) is 31.0 Å². The van der Waals surface area contributed by atoms with Crippen LogP contribution >= 0.6 is 0 Å². The monoisotopic (exact) mass is 370 g/mol. The van der Waals surface area contributed by atoms with Crippen molar-refractivity contribution in [3.05, 3.63) is 53.6 Å². The van der Waals surface area contributed by atoms with Gasteiger partial charge in [-0.2, -0.15) is 0 Å².